The number of alkyl halides is 3. The first-order valence-electron chi connectivity index (χ1n) is 6.20. The summed E-state index contributed by atoms with van der Waals surface area (Å²) in [5.74, 6) is 0.154. The largest absolute Gasteiger partial charge is 0.466 e. The third kappa shape index (κ3) is 4.10. The Hall–Kier alpha value is -1.76. The van der Waals surface area contributed by atoms with E-state index >= 15 is 0 Å². The monoisotopic (exact) mass is 317 g/mol. The molecule has 21 heavy (non-hydrogen) atoms. The van der Waals surface area contributed by atoms with Crippen molar-refractivity contribution in [1.82, 2.24) is 4.90 Å². The minimum Gasteiger partial charge on any atom is -0.466 e. The van der Waals surface area contributed by atoms with Crippen molar-refractivity contribution in [3.05, 3.63) is 45.5 Å². The van der Waals surface area contributed by atoms with Crippen LogP contribution in [0.15, 0.2) is 27.3 Å². The molecule has 2 aromatic rings. The second-order valence-corrected chi connectivity index (χ2v) is 5.51. The molecule has 2 heterocycles. The lowest BCUT2D eigenvalue weighted by atomic mass is 10.2. The van der Waals surface area contributed by atoms with E-state index in [9.17, 15) is 18.0 Å². The van der Waals surface area contributed by atoms with E-state index in [1.807, 2.05) is 0 Å². The third-order valence-corrected chi connectivity index (χ3v) is 3.61. The van der Waals surface area contributed by atoms with E-state index in [4.69, 9.17) is 4.42 Å². The molecule has 2 aromatic heterocycles. The van der Waals surface area contributed by atoms with Crippen LogP contribution in [0.5, 0.6) is 0 Å². The number of furan rings is 1. The van der Waals surface area contributed by atoms with E-state index in [-0.39, 0.29) is 12.1 Å². The molecule has 0 unspecified atom stereocenters. The summed E-state index contributed by atoms with van der Waals surface area (Å²) in [6.45, 7) is 1.85. The number of hydrogen-bond acceptors (Lipinski definition) is 3. The Morgan fingerprint density at radius 2 is 2.10 bits per heavy atom. The van der Waals surface area contributed by atoms with Crippen LogP contribution in [0.1, 0.15) is 27.4 Å². The van der Waals surface area contributed by atoms with E-state index in [2.05, 4.69) is 0 Å². The lowest BCUT2D eigenvalue weighted by Crippen LogP contribution is -2.38. The Morgan fingerprint density at radius 1 is 1.38 bits per heavy atom. The Kier molecular flexibility index (Phi) is 4.41. The van der Waals surface area contributed by atoms with Gasteiger partial charge in [0.1, 0.15) is 18.1 Å². The van der Waals surface area contributed by atoms with E-state index in [0.29, 0.717) is 17.1 Å². The summed E-state index contributed by atoms with van der Waals surface area (Å²) in [6, 6.07) is 3.17. The van der Waals surface area contributed by atoms with Crippen molar-refractivity contribution >= 4 is 17.2 Å². The van der Waals surface area contributed by atoms with Gasteiger partial charge in [-0.25, -0.2) is 0 Å². The number of hydrogen-bond donors (Lipinski definition) is 0. The van der Waals surface area contributed by atoms with Crippen LogP contribution in [0.2, 0.25) is 0 Å². The number of thiophene rings is 1. The summed E-state index contributed by atoms with van der Waals surface area (Å²) in [5, 5.41) is 3.49. The van der Waals surface area contributed by atoms with Gasteiger partial charge in [-0.3, -0.25) is 4.79 Å². The number of amides is 1. The van der Waals surface area contributed by atoms with Crippen molar-refractivity contribution in [3.8, 4) is 0 Å². The summed E-state index contributed by atoms with van der Waals surface area (Å²) in [6.07, 6.45) is -4.45. The molecule has 0 aliphatic rings. The predicted molar refractivity (Wildman–Crippen MR) is 73.3 cm³/mol. The summed E-state index contributed by atoms with van der Waals surface area (Å²) >= 11 is 1.38. The van der Waals surface area contributed by atoms with Crippen LogP contribution in [-0.4, -0.2) is 23.5 Å². The molecular formula is C14H14F3NO2S. The average Bonchev–Trinajstić information content (AvgIpc) is 2.95. The van der Waals surface area contributed by atoms with E-state index in [1.165, 1.54) is 17.4 Å². The molecule has 3 nitrogen and oxygen atoms in total. The van der Waals surface area contributed by atoms with Crippen molar-refractivity contribution in [2.24, 2.45) is 0 Å². The Bertz CT molecular complexity index is 617. The molecule has 0 bridgehead atoms. The highest BCUT2D eigenvalue weighted by molar-refractivity contribution is 7.07. The van der Waals surface area contributed by atoms with Crippen molar-refractivity contribution in [2.45, 2.75) is 26.6 Å². The van der Waals surface area contributed by atoms with Crippen LogP contribution < -0.4 is 0 Å². The van der Waals surface area contributed by atoms with Gasteiger partial charge in [-0.1, -0.05) is 0 Å². The van der Waals surface area contributed by atoms with Crippen molar-refractivity contribution in [1.29, 1.82) is 0 Å². The molecule has 0 aliphatic carbocycles. The van der Waals surface area contributed by atoms with Crippen LogP contribution in [-0.2, 0) is 6.54 Å². The van der Waals surface area contributed by atoms with Gasteiger partial charge in [0.25, 0.3) is 5.91 Å². The maximum Gasteiger partial charge on any atom is 0.406 e. The highest BCUT2D eigenvalue weighted by Crippen LogP contribution is 2.23. The number of carbonyl (C=O) groups is 1. The second kappa shape index (κ2) is 5.93. The molecule has 7 heteroatoms. The first kappa shape index (κ1) is 15.6. The zero-order valence-electron chi connectivity index (χ0n) is 11.5. The molecule has 0 radical (unpaired) electrons. The molecule has 0 aliphatic heterocycles. The number of carbonyl (C=O) groups excluding carboxylic acids is 1. The summed E-state index contributed by atoms with van der Waals surface area (Å²) in [4.78, 5) is 13.1. The molecule has 1 amide bonds. The van der Waals surface area contributed by atoms with Crippen molar-refractivity contribution in [3.63, 3.8) is 0 Å². The first-order valence-corrected chi connectivity index (χ1v) is 7.14. The summed E-state index contributed by atoms with van der Waals surface area (Å²) in [7, 11) is 0. The molecule has 0 aromatic carbocycles. The Morgan fingerprint density at radius 3 is 2.57 bits per heavy atom. The molecular weight excluding hydrogens is 303 g/mol. The molecule has 0 N–H and O–H groups in total. The van der Waals surface area contributed by atoms with Gasteiger partial charge in [0.15, 0.2) is 0 Å². The first-order chi connectivity index (χ1) is 9.76. The molecule has 0 spiro atoms. The van der Waals surface area contributed by atoms with Crippen LogP contribution in [0, 0.1) is 13.8 Å². The van der Waals surface area contributed by atoms with E-state index in [0.717, 1.165) is 4.90 Å². The van der Waals surface area contributed by atoms with E-state index < -0.39 is 18.6 Å². The van der Waals surface area contributed by atoms with Gasteiger partial charge in [0.2, 0.25) is 0 Å². The summed E-state index contributed by atoms with van der Waals surface area (Å²) < 4.78 is 43.3. The lowest BCUT2D eigenvalue weighted by Gasteiger charge is -2.23. The van der Waals surface area contributed by atoms with Gasteiger partial charge in [0, 0.05) is 6.54 Å². The van der Waals surface area contributed by atoms with Gasteiger partial charge >= 0.3 is 6.18 Å². The normalized spacial score (nSPS) is 11.7. The van der Waals surface area contributed by atoms with Crippen LogP contribution in [0.3, 0.4) is 0 Å². The van der Waals surface area contributed by atoms with Gasteiger partial charge in [0.05, 0.1) is 5.56 Å². The van der Waals surface area contributed by atoms with Gasteiger partial charge in [-0.15, -0.1) is 0 Å². The Labute approximate surface area is 124 Å². The van der Waals surface area contributed by atoms with Gasteiger partial charge < -0.3 is 9.32 Å². The molecule has 114 valence electrons. The molecule has 0 atom stereocenters. The summed E-state index contributed by atoms with van der Waals surface area (Å²) in [5.41, 5.74) is 0.849. The predicted octanol–water partition coefficient (Wildman–Crippen LogP) is 4.16. The van der Waals surface area contributed by atoms with Gasteiger partial charge in [-0.05, 0) is 42.3 Å². The fraction of sp³-hybridized carbons (Fsp3) is 0.357. The standard InChI is InChI=1S/C14H14F3NO2S/c1-9-5-12(10(2)20-9)13(19)18(8-14(15,16)17)6-11-3-4-21-7-11/h3-5,7H,6,8H2,1-2H3. The maximum absolute atomic E-state index is 12.7. The third-order valence-electron chi connectivity index (χ3n) is 2.88. The fourth-order valence-electron chi connectivity index (χ4n) is 2.03. The Balaban J connectivity index is 2.25. The zero-order chi connectivity index (χ0) is 15.6. The quantitative estimate of drug-likeness (QED) is 0.848. The minimum absolute atomic E-state index is 0.0779. The number of aryl methyl sites for hydroxylation is 2. The highest BCUT2D eigenvalue weighted by Gasteiger charge is 2.34. The smallest absolute Gasteiger partial charge is 0.406 e. The fourth-order valence-corrected chi connectivity index (χ4v) is 2.69. The van der Waals surface area contributed by atoms with Crippen molar-refractivity contribution in [2.75, 3.05) is 6.54 Å². The van der Waals surface area contributed by atoms with E-state index in [1.54, 1.807) is 30.7 Å². The molecule has 0 saturated carbocycles. The zero-order valence-corrected chi connectivity index (χ0v) is 12.3. The second-order valence-electron chi connectivity index (χ2n) is 4.73. The molecule has 0 fully saturated rings. The number of nitrogens with zero attached hydrogens (tertiary/aromatic N) is 1. The maximum atomic E-state index is 12.7. The minimum atomic E-state index is -4.45. The average molecular weight is 317 g/mol. The topological polar surface area (TPSA) is 33.5 Å². The van der Waals surface area contributed by atoms with Gasteiger partial charge in [-0.2, -0.15) is 24.5 Å². The highest BCUT2D eigenvalue weighted by atomic mass is 32.1. The van der Waals surface area contributed by atoms with Crippen LogP contribution in [0.4, 0.5) is 13.2 Å². The van der Waals surface area contributed by atoms with Crippen LogP contribution >= 0.6 is 11.3 Å². The lowest BCUT2D eigenvalue weighted by molar-refractivity contribution is -0.141. The molecule has 2 rings (SSSR count). The number of halogens is 3. The van der Waals surface area contributed by atoms with Crippen molar-refractivity contribution < 1.29 is 22.4 Å². The molecule has 0 saturated heterocycles. The number of rotatable bonds is 4. The van der Waals surface area contributed by atoms with Crippen LogP contribution in [0.25, 0.3) is 0 Å². The SMILES string of the molecule is Cc1cc(C(=O)N(Cc2ccsc2)CC(F)(F)F)c(C)o1.